The van der Waals surface area contributed by atoms with Crippen molar-refractivity contribution in [1.29, 1.82) is 0 Å². The number of halogens is 2. The first-order chi connectivity index (χ1) is 8.54. The lowest BCUT2D eigenvalue weighted by Gasteiger charge is -2.15. The SMILES string of the molecule is C[C@H](OC[C@H]1COC(N)=N1)c1cc(F)cc(Cl)c1. The topological polar surface area (TPSA) is 56.8 Å². The number of nitrogens with two attached hydrogens (primary N) is 1. The van der Waals surface area contributed by atoms with Crippen molar-refractivity contribution in [3.63, 3.8) is 0 Å². The maximum atomic E-state index is 13.2. The maximum absolute atomic E-state index is 13.2. The Morgan fingerprint density at radius 1 is 1.61 bits per heavy atom. The van der Waals surface area contributed by atoms with Gasteiger partial charge in [-0.3, -0.25) is 0 Å². The maximum Gasteiger partial charge on any atom is 0.282 e. The fourth-order valence-electron chi connectivity index (χ4n) is 1.68. The molecule has 1 aromatic carbocycles. The van der Waals surface area contributed by atoms with E-state index in [9.17, 15) is 4.39 Å². The smallest absolute Gasteiger partial charge is 0.282 e. The van der Waals surface area contributed by atoms with Crippen LogP contribution in [0.5, 0.6) is 0 Å². The fraction of sp³-hybridized carbons (Fsp3) is 0.417. The van der Waals surface area contributed by atoms with Crippen LogP contribution in [0.15, 0.2) is 23.2 Å². The van der Waals surface area contributed by atoms with Crippen LogP contribution in [-0.4, -0.2) is 25.3 Å². The summed E-state index contributed by atoms with van der Waals surface area (Å²) < 4.78 is 23.8. The van der Waals surface area contributed by atoms with Crippen LogP contribution < -0.4 is 5.73 Å². The van der Waals surface area contributed by atoms with Crippen molar-refractivity contribution in [2.75, 3.05) is 13.2 Å². The van der Waals surface area contributed by atoms with Crippen molar-refractivity contribution >= 4 is 17.6 Å². The summed E-state index contributed by atoms with van der Waals surface area (Å²) >= 11 is 5.79. The lowest BCUT2D eigenvalue weighted by molar-refractivity contribution is 0.0515. The zero-order valence-corrected chi connectivity index (χ0v) is 10.7. The highest BCUT2D eigenvalue weighted by molar-refractivity contribution is 6.30. The van der Waals surface area contributed by atoms with Gasteiger partial charge in [-0.1, -0.05) is 11.6 Å². The minimum atomic E-state index is -0.376. The van der Waals surface area contributed by atoms with E-state index < -0.39 is 0 Å². The minimum Gasteiger partial charge on any atom is -0.463 e. The number of hydrogen-bond donors (Lipinski definition) is 1. The second kappa shape index (κ2) is 5.54. The number of rotatable bonds is 4. The van der Waals surface area contributed by atoms with Gasteiger partial charge in [0.15, 0.2) is 0 Å². The molecule has 1 heterocycles. The van der Waals surface area contributed by atoms with Gasteiger partial charge in [0, 0.05) is 5.02 Å². The van der Waals surface area contributed by atoms with E-state index in [1.165, 1.54) is 12.1 Å². The van der Waals surface area contributed by atoms with Crippen LogP contribution in [-0.2, 0) is 9.47 Å². The highest BCUT2D eigenvalue weighted by Gasteiger charge is 2.18. The summed E-state index contributed by atoms with van der Waals surface area (Å²) in [4.78, 5) is 4.04. The second-order valence-corrected chi connectivity index (χ2v) is 4.55. The van der Waals surface area contributed by atoms with Gasteiger partial charge in [-0.15, -0.1) is 0 Å². The second-order valence-electron chi connectivity index (χ2n) is 4.11. The van der Waals surface area contributed by atoms with Crippen LogP contribution in [0.25, 0.3) is 0 Å². The molecular formula is C12H14ClFN2O2. The van der Waals surface area contributed by atoms with Crippen LogP contribution >= 0.6 is 11.6 Å². The van der Waals surface area contributed by atoms with E-state index in [2.05, 4.69) is 4.99 Å². The summed E-state index contributed by atoms with van der Waals surface area (Å²) in [6, 6.07) is 4.42. The van der Waals surface area contributed by atoms with E-state index in [1.807, 2.05) is 6.92 Å². The molecule has 2 N–H and O–H groups in total. The zero-order valence-electron chi connectivity index (χ0n) is 9.90. The molecule has 1 aromatic rings. The highest BCUT2D eigenvalue weighted by atomic mass is 35.5. The van der Waals surface area contributed by atoms with Gasteiger partial charge in [-0.2, -0.15) is 0 Å². The van der Waals surface area contributed by atoms with Crippen LogP contribution in [0.4, 0.5) is 4.39 Å². The largest absolute Gasteiger partial charge is 0.463 e. The van der Waals surface area contributed by atoms with Gasteiger partial charge in [-0.05, 0) is 30.7 Å². The fourth-order valence-corrected chi connectivity index (χ4v) is 1.91. The van der Waals surface area contributed by atoms with Gasteiger partial charge >= 0.3 is 0 Å². The molecule has 1 aliphatic rings. The molecule has 2 rings (SSSR count). The van der Waals surface area contributed by atoms with E-state index in [0.717, 1.165) is 0 Å². The molecule has 0 spiro atoms. The molecule has 0 saturated carbocycles. The summed E-state index contributed by atoms with van der Waals surface area (Å²) in [6.45, 7) is 2.62. The van der Waals surface area contributed by atoms with E-state index in [1.54, 1.807) is 6.07 Å². The highest BCUT2D eigenvalue weighted by Crippen LogP contribution is 2.22. The molecule has 2 atom stereocenters. The van der Waals surface area contributed by atoms with Crippen molar-refractivity contribution in [3.05, 3.63) is 34.6 Å². The minimum absolute atomic E-state index is 0.100. The van der Waals surface area contributed by atoms with Crippen molar-refractivity contribution in [2.24, 2.45) is 10.7 Å². The third-order valence-electron chi connectivity index (χ3n) is 2.63. The third-order valence-corrected chi connectivity index (χ3v) is 2.84. The molecule has 0 radical (unpaired) electrons. The average Bonchev–Trinajstić information content (AvgIpc) is 2.70. The quantitative estimate of drug-likeness (QED) is 0.915. The van der Waals surface area contributed by atoms with Crippen molar-refractivity contribution in [2.45, 2.75) is 19.1 Å². The summed E-state index contributed by atoms with van der Waals surface area (Å²) in [5, 5.41) is 0.354. The standard InChI is InChI=1S/C12H14ClFN2O2/c1-7(8-2-9(13)4-10(14)3-8)17-5-11-6-18-12(15)16-11/h2-4,7,11H,5-6H2,1H3,(H2,15,16)/t7-,11-/m0/s1. The van der Waals surface area contributed by atoms with Crippen molar-refractivity contribution in [3.8, 4) is 0 Å². The van der Waals surface area contributed by atoms with Crippen LogP contribution in [0, 0.1) is 5.82 Å². The Balaban J connectivity index is 1.93. The number of aliphatic imine (C=N–C) groups is 1. The van der Waals surface area contributed by atoms with Gasteiger partial charge in [0.05, 0.1) is 12.7 Å². The first-order valence-electron chi connectivity index (χ1n) is 5.58. The predicted molar refractivity (Wildman–Crippen MR) is 67.1 cm³/mol. The Hall–Kier alpha value is -1.33. The number of nitrogens with zero attached hydrogens (tertiary/aromatic N) is 1. The van der Waals surface area contributed by atoms with Crippen molar-refractivity contribution in [1.82, 2.24) is 0 Å². The van der Waals surface area contributed by atoms with Gasteiger partial charge < -0.3 is 15.2 Å². The molecule has 6 heteroatoms. The van der Waals surface area contributed by atoms with E-state index in [4.69, 9.17) is 26.8 Å². The number of amidine groups is 1. The Kier molecular flexibility index (Phi) is 4.04. The van der Waals surface area contributed by atoms with E-state index in [0.29, 0.717) is 23.8 Å². The molecule has 0 bridgehead atoms. The Morgan fingerprint density at radius 2 is 2.39 bits per heavy atom. The lowest BCUT2D eigenvalue weighted by Crippen LogP contribution is -2.16. The molecule has 1 aliphatic heterocycles. The molecule has 0 aliphatic carbocycles. The molecule has 18 heavy (non-hydrogen) atoms. The Bertz CT molecular complexity index is 447. The van der Waals surface area contributed by atoms with Crippen LogP contribution in [0.3, 0.4) is 0 Å². The first-order valence-corrected chi connectivity index (χ1v) is 5.96. The summed E-state index contributed by atoms with van der Waals surface area (Å²) in [6.07, 6.45) is -0.268. The molecule has 4 nitrogen and oxygen atoms in total. The molecule has 98 valence electrons. The molecule has 0 amide bonds. The van der Waals surface area contributed by atoms with Crippen LogP contribution in [0.2, 0.25) is 5.02 Å². The summed E-state index contributed by atoms with van der Waals surface area (Å²) in [7, 11) is 0. The zero-order chi connectivity index (χ0) is 13.1. The average molecular weight is 273 g/mol. The lowest BCUT2D eigenvalue weighted by atomic mass is 10.1. The normalized spacial score (nSPS) is 20.4. The van der Waals surface area contributed by atoms with Gasteiger partial charge in [0.1, 0.15) is 18.5 Å². The number of benzene rings is 1. The monoisotopic (exact) mass is 272 g/mol. The molecule has 0 aromatic heterocycles. The Morgan fingerprint density at radius 3 is 3.00 bits per heavy atom. The van der Waals surface area contributed by atoms with E-state index >= 15 is 0 Å². The third kappa shape index (κ3) is 3.34. The molecular weight excluding hydrogens is 259 g/mol. The predicted octanol–water partition coefficient (Wildman–Crippen LogP) is 2.27. The Labute approximate surface area is 110 Å². The first kappa shape index (κ1) is 13.1. The molecule has 0 unspecified atom stereocenters. The molecule has 0 fully saturated rings. The number of ether oxygens (including phenoxy) is 2. The van der Waals surface area contributed by atoms with Crippen LogP contribution in [0.1, 0.15) is 18.6 Å². The van der Waals surface area contributed by atoms with E-state index in [-0.39, 0.29) is 24.0 Å². The van der Waals surface area contributed by atoms with Gasteiger partial charge in [-0.25, -0.2) is 9.38 Å². The number of hydrogen-bond acceptors (Lipinski definition) is 4. The summed E-state index contributed by atoms with van der Waals surface area (Å²) in [5.41, 5.74) is 6.08. The molecule has 0 saturated heterocycles. The van der Waals surface area contributed by atoms with Crippen molar-refractivity contribution < 1.29 is 13.9 Å². The summed E-state index contributed by atoms with van der Waals surface area (Å²) in [5.74, 6) is -0.376. The van der Waals surface area contributed by atoms with Gasteiger partial charge in [0.2, 0.25) is 0 Å². The van der Waals surface area contributed by atoms with Gasteiger partial charge in [0.25, 0.3) is 6.02 Å².